The first-order chi connectivity index (χ1) is 7.74. The van der Waals surface area contributed by atoms with E-state index in [1.54, 1.807) is 6.20 Å². The van der Waals surface area contributed by atoms with Gasteiger partial charge in [0.25, 0.3) is 0 Å². The third kappa shape index (κ3) is 1.56. The number of nitrogens with one attached hydrogen (secondary N) is 1. The maximum atomic E-state index is 5.69. The van der Waals surface area contributed by atoms with Gasteiger partial charge in [0.2, 0.25) is 0 Å². The molecule has 0 aliphatic heterocycles. The zero-order chi connectivity index (χ0) is 11.1. The Morgan fingerprint density at radius 1 is 1.31 bits per heavy atom. The number of H-pyrrole nitrogens is 1. The Bertz CT molecular complexity index is 526. The van der Waals surface area contributed by atoms with Crippen LogP contribution in [-0.2, 0) is 0 Å². The number of anilines is 1. The van der Waals surface area contributed by atoms with Gasteiger partial charge in [0.15, 0.2) is 0 Å². The number of aryl methyl sites for hydroxylation is 1. The van der Waals surface area contributed by atoms with Crippen LogP contribution in [0.1, 0.15) is 30.1 Å². The second-order valence-corrected chi connectivity index (χ2v) is 4.38. The molecule has 0 saturated heterocycles. The molecule has 2 aromatic rings. The standard InChI is InChI=1S/C12H14N4/c1-7-4-9(5-14-11(7)13)10-6-15-12(16-10)8-2-3-8/h4-6,8H,2-3H2,1H3,(H2,13,14)(H,15,16). The van der Waals surface area contributed by atoms with E-state index in [9.17, 15) is 0 Å². The van der Waals surface area contributed by atoms with E-state index in [0.717, 1.165) is 22.6 Å². The number of nitrogens with two attached hydrogens (primary N) is 1. The van der Waals surface area contributed by atoms with E-state index in [2.05, 4.69) is 15.0 Å². The highest BCUT2D eigenvalue weighted by Crippen LogP contribution is 2.38. The van der Waals surface area contributed by atoms with Gasteiger partial charge >= 0.3 is 0 Å². The van der Waals surface area contributed by atoms with Gasteiger partial charge in [0.05, 0.1) is 11.9 Å². The molecule has 1 saturated carbocycles. The summed E-state index contributed by atoms with van der Waals surface area (Å²) in [6.45, 7) is 1.96. The van der Waals surface area contributed by atoms with Gasteiger partial charge in [-0.05, 0) is 31.4 Å². The van der Waals surface area contributed by atoms with Gasteiger partial charge in [-0.25, -0.2) is 9.97 Å². The van der Waals surface area contributed by atoms with Gasteiger partial charge in [0, 0.05) is 17.7 Å². The summed E-state index contributed by atoms with van der Waals surface area (Å²) in [6, 6.07) is 2.03. The van der Waals surface area contributed by atoms with Gasteiger partial charge in [-0.3, -0.25) is 0 Å². The van der Waals surface area contributed by atoms with E-state index in [1.807, 2.05) is 19.2 Å². The molecule has 0 aromatic carbocycles. The Labute approximate surface area is 93.9 Å². The normalized spacial score (nSPS) is 15.3. The summed E-state index contributed by atoms with van der Waals surface area (Å²) in [7, 11) is 0. The van der Waals surface area contributed by atoms with E-state index < -0.39 is 0 Å². The van der Waals surface area contributed by atoms with Crippen LogP contribution >= 0.6 is 0 Å². The molecule has 0 atom stereocenters. The molecule has 3 rings (SSSR count). The van der Waals surface area contributed by atoms with Crippen molar-refractivity contribution in [3.8, 4) is 11.3 Å². The van der Waals surface area contributed by atoms with Gasteiger partial charge in [-0.2, -0.15) is 0 Å². The molecule has 1 aliphatic rings. The predicted molar refractivity (Wildman–Crippen MR) is 62.9 cm³/mol. The Morgan fingerprint density at radius 3 is 2.81 bits per heavy atom. The molecule has 1 aliphatic carbocycles. The van der Waals surface area contributed by atoms with Crippen LogP contribution in [-0.4, -0.2) is 15.0 Å². The minimum Gasteiger partial charge on any atom is -0.383 e. The number of aromatic amines is 1. The summed E-state index contributed by atoms with van der Waals surface area (Å²) < 4.78 is 0. The monoisotopic (exact) mass is 214 g/mol. The van der Waals surface area contributed by atoms with Crippen molar-refractivity contribution < 1.29 is 0 Å². The lowest BCUT2D eigenvalue weighted by molar-refractivity contribution is 0.976. The molecule has 1 fully saturated rings. The van der Waals surface area contributed by atoms with Crippen LogP contribution in [0.4, 0.5) is 5.82 Å². The van der Waals surface area contributed by atoms with Crippen molar-refractivity contribution in [2.24, 2.45) is 0 Å². The quantitative estimate of drug-likeness (QED) is 0.805. The Balaban J connectivity index is 1.97. The number of nitrogens with zero attached hydrogens (tertiary/aromatic N) is 2. The van der Waals surface area contributed by atoms with Crippen molar-refractivity contribution in [3.63, 3.8) is 0 Å². The summed E-state index contributed by atoms with van der Waals surface area (Å²) in [5.74, 6) is 2.34. The maximum absolute atomic E-state index is 5.69. The van der Waals surface area contributed by atoms with Gasteiger partial charge < -0.3 is 10.7 Å². The Hall–Kier alpha value is -1.84. The first-order valence-corrected chi connectivity index (χ1v) is 5.51. The SMILES string of the molecule is Cc1cc(-c2cnc(C3CC3)[nH]2)cnc1N. The molecule has 0 unspecified atom stereocenters. The highest BCUT2D eigenvalue weighted by atomic mass is 14.9. The van der Waals surface area contributed by atoms with E-state index in [4.69, 9.17) is 5.73 Å². The molecule has 16 heavy (non-hydrogen) atoms. The van der Waals surface area contributed by atoms with Crippen molar-refractivity contribution in [3.05, 3.63) is 29.8 Å². The van der Waals surface area contributed by atoms with E-state index in [0.29, 0.717) is 11.7 Å². The van der Waals surface area contributed by atoms with Crippen molar-refractivity contribution in [1.29, 1.82) is 0 Å². The molecular weight excluding hydrogens is 200 g/mol. The molecular formula is C12H14N4. The fraction of sp³-hybridized carbons (Fsp3) is 0.333. The van der Waals surface area contributed by atoms with Crippen LogP contribution in [0.2, 0.25) is 0 Å². The topological polar surface area (TPSA) is 67.6 Å². The van der Waals surface area contributed by atoms with Crippen LogP contribution in [0, 0.1) is 6.92 Å². The van der Waals surface area contributed by atoms with Crippen molar-refractivity contribution in [2.45, 2.75) is 25.7 Å². The molecule has 4 nitrogen and oxygen atoms in total. The minimum absolute atomic E-state index is 0.589. The maximum Gasteiger partial charge on any atom is 0.126 e. The lowest BCUT2D eigenvalue weighted by Gasteiger charge is -2.01. The minimum atomic E-state index is 0.589. The molecule has 4 heteroatoms. The second-order valence-electron chi connectivity index (χ2n) is 4.38. The van der Waals surface area contributed by atoms with E-state index >= 15 is 0 Å². The summed E-state index contributed by atoms with van der Waals surface area (Å²) in [4.78, 5) is 11.9. The summed E-state index contributed by atoms with van der Waals surface area (Å²) in [5, 5.41) is 0. The highest BCUT2D eigenvalue weighted by molar-refractivity contribution is 5.61. The lowest BCUT2D eigenvalue weighted by atomic mass is 10.1. The third-order valence-corrected chi connectivity index (χ3v) is 2.99. The first-order valence-electron chi connectivity index (χ1n) is 5.51. The average Bonchev–Trinajstić information content (AvgIpc) is 3.01. The second kappa shape index (κ2) is 3.33. The molecule has 3 N–H and O–H groups in total. The van der Waals surface area contributed by atoms with Crippen LogP contribution in [0.5, 0.6) is 0 Å². The molecule has 2 aromatic heterocycles. The highest BCUT2D eigenvalue weighted by Gasteiger charge is 2.26. The number of rotatable bonds is 2. The first kappa shape index (κ1) is 9.39. The Kier molecular flexibility index (Phi) is 1.96. The largest absolute Gasteiger partial charge is 0.383 e. The molecule has 0 radical (unpaired) electrons. The van der Waals surface area contributed by atoms with E-state index in [1.165, 1.54) is 12.8 Å². The molecule has 2 heterocycles. The van der Waals surface area contributed by atoms with Gasteiger partial charge in [-0.1, -0.05) is 0 Å². The molecule has 0 amide bonds. The average molecular weight is 214 g/mol. The van der Waals surface area contributed by atoms with Crippen LogP contribution in [0.3, 0.4) is 0 Å². The third-order valence-electron chi connectivity index (χ3n) is 2.99. The Morgan fingerprint density at radius 2 is 2.12 bits per heavy atom. The number of hydrogen-bond donors (Lipinski definition) is 2. The number of hydrogen-bond acceptors (Lipinski definition) is 3. The van der Waals surface area contributed by atoms with Crippen molar-refractivity contribution >= 4 is 5.82 Å². The molecule has 0 spiro atoms. The number of pyridine rings is 1. The zero-order valence-electron chi connectivity index (χ0n) is 9.20. The van der Waals surface area contributed by atoms with Crippen LogP contribution in [0.25, 0.3) is 11.3 Å². The molecule has 82 valence electrons. The van der Waals surface area contributed by atoms with Gasteiger partial charge in [0.1, 0.15) is 11.6 Å². The van der Waals surface area contributed by atoms with Crippen LogP contribution < -0.4 is 5.73 Å². The predicted octanol–water partition coefficient (Wildman–Crippen LogP) is 2.24. The summed E-state index contributed by atoms with van der Waals surface area (Å²) in [5.41, 5.74) is 8.77. The number of aromatic nitrogens is 3. The summed E-state index contributed by atoms with van der Waals surface area (Å²) >= 11 is 0. The van der Waals surface area contributed by atoms with Crippen molar-refractivity contribution in [1.82, 2.24) is 15.0 Å². The molecule has 0 bridgehead atoms. The lowest BCUT2D eigenvalue weighted by Crippen LogP contribution is -1.94. The van der Waals surface area contributed by atoms with Crippen LogP contribution in [0.15, 0.2) is 18.5 Å². The van der Waals surface area contributed by atoms with Crippen molar-refractivity contribution in [2.75, 3.05) is 5.73 Å². The fourth-order valence-electron chi connectivity index (χ4n) is 1.78. The van der Waals surface area contributed by atoms with Gasteiger partial charge in [-0.15, -0.1) is 0 Å². The smallest absolute Gasteiger partial charge is 0.126 e. The fourth-order valence-corrected chi connectivity index (χ4v) is 1.78. The summed E-state index contributed by atoms with van der Waals surface area (Å²) in [6.07, 6.45) is 6.17. The van der Waals surface area contributed by atoms with E-state index in [-0.39, 0.29) is 0 Å². The number of imidazole rings is 1. The number of nitrogen functional groups attached to an aromatic ring is 1. The zero-order valence-corrected chi connectivity index (χ0v) is 9.20.